The van der Waals surface area contributed by atoms with Crippen molar-refractivity contribution >= 4 is 5.78 Å². The molecule has 0 aromatic rings. The fourth-order valence-electron chi connectivity index (χ4n) is 3.40. The summed E-state index contributed by atoms with van der Waals surface area (Å²) in [5.74, 6) is 0.0837. The number of hydrogen-bond donors (Lipinski definition) is 0. The number of carbonyl (C=O) groups excluding carboxylic acids is 1. The lowest BCUT2D eigenvalue weighted by Gasteiger charge is -2.29. The SMILES string of the molecule is C1CCC2OC2C1.C1OCOCO1.COC1CCCCC1OCC(C)=O. The van der Waals surface area contributed by atoms with Gasteiger partial charge in [-0.1, -0.05) is 25.7 Å². The fourth-order valence-corrected chi connectivity index (χ4v) is 3.40. The molecule has 152 valence electrons. The highest BCUT2D eigenvalue weighted by atomic mass is 16.8. The number of methoxy groups -OCH3 is 1. The first-order chi connectivity index (χ1) is 12.7. The molecule has 4 fully saturated rings. The lowest BCUT2D eigenvalue weighted by molar-refractivity contribution is -0.247. The summed E-state index contributed by atoms with van der Waals surface area (Å²) in [6.07, 6.45) is 11.7. The zero-order valence-corrected chi connectivity index (χ0v) is 16.2. The lowest BCUT2D eigenvalue weighted by atomic mass is 9.94. The van der Waals surface area contributed by atoms with Crippen LogP contribution in [0, 0.1) is 0 Å². The van der Waals surface area contributed by atoms with Crippen molar-refractivity contribution < 1.29 is 33.2 Å². The highest BCUT2D eigenvalue weighted by Crippen LogP contribution is 2.35. The van der Waals surface area contributed by atoms with E-state index in [2.05, 4.69) is 14.2 Å². The van der Waals surface area contributed by atoms with Crippen molar-refractivity contribution in [2.75, 3.05) is 34.1 Å². The predicted molar refractivity (Wildman–Crippen MR) is 94.7 cm³/mol. The van der Waals surface area contributed by atoms with E-state index in [1.165, 1.54) is 38.5 Å². The zero-order chi connectivity index (χ0) is 18.6. The number of ether oxygens (including phenoxy) is 6. The normalized spacial score (nSPS) is 32.8. The van der Waals surface area contributed by atoms with Gasteiger partial charge in [-0.05, 0) is 32.6 Å². The molecule has 4 unspecified atom stereocenters. The Morgan fingerprint density at radius 2 is 1.35 bits per heavy atom. The van der Waals surface area contributed by atoms with Crippen LogP contribution in [0.4, 0.5) is 0 Å². The van der Waals surface area contributed by atoms with Gasteiger partial charge in [0, 0.05) is 7.11 Å². The van der Waals surface area contributed by atoms with Gasteiger partial charge < -0.3 is 28.4 Å². The van der Waals surface area contributed by atoms with Crippen molar-refractivity contribution in [2.45, 2.75) is 82.7 Å². The van der Waals surface area contributed by atoms with Crippen molar-refractivity contribution in [3.8, 4) is 0 Å². The van der Waals surface area contributed by atoms with Crippen molar-refractivity contribution in [1.82, 2.24) is 0 Å². The molecule has 7 heteroatoms. The number of hydrogen-bond acceptors (Lipinski definition) is 7. The molecule has 4 atom stereocenters. The van der Waals surface area contributed by atoms with E-state index >= 15 is 0 Å². The zero-order valence-electron chi connectivity index (χ0n) is 16.2. The number of carbonyl (C=O) groups is 1. The van der Waals surface area contributed by atoms with Crippen LogP contribution in [0.1, 0.15) is 58.3 Å². The molecule has 0 amide bonds. The van der Waals surface area contributed by atoms with E-state index in [0.29, 0.717) is 32.6 Å². The molecule has 0 aromatic heterocycles. The summed E-state index contributed by atoms with van der Waals surface area (Å²) in [4.78, 5) is 10.7. The summed E-state index contributed by atoms with van der Waals surface area (Å²) < 4.78 is 29.9. The van der Waals surface area contributed by atoms with E-state index in [0.717, 1.165) is 12.8 Å². The summed E-state index contributed by atoms with van der Waals surface area (Å²) in [6.45, 7) is 2.90. The molecule has 0 radical (unpaired) electrons. The molecule has 2 heterocycles. The Kier molecular flexibility index (Phi) is 10.7. The number of ketones is 1. The Labute approximate surface area is 156 Å². The van der Waals surface area contributed by atoms with Gasteiger partial charge in [0.05, 0.1) is 24.4 Å². The van der Waals surface area contributed by atoms with Gasteiger partial charge in [0.2, 0.25) is 0 Å². The Morgan fingerprint density at radius 3 is 1.77 bits per heavy atom. The van der Waals surface area contributed by atoms with Crippen molar-refractivity contribution in [3.05, 3.63) is 0 Å². The third kappa shape index (κ3) is 8.88. The van der Waals surface area contributed by atoms with Crippen LogP contribution in [0.15, 0.2) is 0 Å². The second kappa shape index (κ2) is 12.8. The van der Waals surface area contributed by atoms with Gasteiger partial charge in [0.1, 0.15) is 6.61 Å². The Balaban J connectivity index is 0.000000155. The predicted octanol–water partition coefficient (Wildman–Crippen LogP) is 2.80. The monoisotopic (exact) mass is 374 g/mol. The van der Waals surface area contributed by atoms with Crippen molar-refractivity contribution in [3.63, 3.8) is 0 Å². The summed E-state index contributed by atoms with van der Waals surface area (Å²) in [5, 5.41) is 0. The lowest BCUT2D eigenvalue weighted by Crippen LogP contribution is -2.35. The van der Waals surface area contributed by atoms with Gasteiger partial charge in [-0.15, -0.1) is 0 Å². The summed E-state index contributed by atoms with van der Waals surface area (Å²) in [6, 6.07) is 0. The van der Waals surface area contributed by atoms with Gasteiger partial charge >= 0.3 is 0 Å². The van der Waals surface area contributed by atoms with Gasteiger partial charge in [0.25, 0.3) is 0 Å². The number of epoxide rings is 1. The molecule has 2 saturated carbocycles. The van der Waals surface area contributed by atoms with Crippen LogP contribution in [-0.2, 0) is 33.2 Å². The highest BCUT2D eigenvalue weighted by Gasteiger charge is 2.39. The third-order valence-electron chi connectivity index (χ3n) is 4.86. The Hall–Kier alpha value is -0.570. The molecule has 26 heavy (non-hydrogen) atoms. The van der Waals surface area contributed by atoms with E-state index in [9.17, 15) is 4.79 Å². The number of rotatable bonds is 4. The molecule has 2 aliphatic heterocycles. The minimum atomic E-state index is 0.0837. The van der Waals surface area contributed by atoms with E-state index in [1.54, 1.807) is 14.0 Å². The van der Waals surface area contributed by atoms with Gasteiger partial charge in [-0.2, -0.15) is 0 Å². The quantitative estimate of drug-likeness (QED) is 0.700. The molecule has 0 bridgehead atoms. The molecule has 4 rings (SSSR count). The number of fused-ring (bicyclic) bond motifs is 1. The minimum Gasteiger partial charge on any atom is -0.379 e. The average Bonchev–Trinajstić information content (AvgIpc) is 3.49. The molecule has 0 spiro atoms. The molecule has 7 nitrogen and oxygen atoms in total. The second-order valence-electron chi connectivity index (χ2n) is 7.07. The maximum atomic E-state index is 10.7. The molecule has 2 aliphatic carbocycles. The maximum Gasteiger partial charge on any atom is 0.155 e. The van der Waals surface area contributed by atoms with E-state index in [-0.39, 0.29) is 24.6 Å². The summed E-state index contributed by atoms with van der Waals surface area (Å²) in [5.41, 5.74) is 0. The molecular weight excluding hydrogens is 340 g/mol. The van der Waals surface area contributed by atoms with Crippen LogP contribution in [0.25, 0.3) is 0 Å². The van der Waals surface area contributed by atoms with Crippen molar-refractivity contribution in [1.29, 1.82) is 0 Å². The fraction of sp³-hybridized carbons (Fsp3) is 0.947. The molecule has 0 aromatic carbocycles. The Morgan fingerprint density at radius 1 is 0.846 bits per heavy atom. The van der Waals surface area contributed by atoms with Crippen LogP contribution >= 0.6 is 0 Å². The van der Waals surface area contributed by atoms with Crippen LogP contribution in [0.3, 0.4) is 0 Å². The minimum absolute atomic E-state index is 0.0837. The molecule has 4 aliphatic rings. The van der Waals surface area contributed by atoms with Gasteiger partial charge in [0.15, 0.2) is 26.2 Å². The molecule has 0 N–H and O–H groups in total. The van der Waals surface area contributed by atoms with Crippen LogP contribution in [0.2, 0.25) is 0 Å². The average molecular weight is 374 g/mol. The van der Waals surface area contributed by atoms with E-state index in [1.807, 2.05) is 0 Å². The molecular formula is C19H34O7. The van der Waals surface area contributed by atoms with E-state index in [4.69, 9.17) is 14.2 Å². The molecule has 2 saturated heterocycles. The first kappa shape index (κ1) is 21.7. The number of Topliss-reactive ketones (excluding diaryl/α,β-unsaturated/α-hetero) is 1. The van der Waals surface area contributed by atoms with E-state index < -0.39 is 0 Å². The maximum absolute atomic E-state index is 10.7. The van der Waals surface area contributed by atoms with Crippen LogP contribution < -0.4 is 0 Å². The Bertz CT molecular complexity index is 365. The first-order valence-electron chi connectivity index (χ1n) is 9.73. The van der Waals surface area contributed by atoms with Gasteiger partial charge in [-0.25, -0.2) is 0 Å². The largest absolute Gasteiger partial charge is 0.379 e. The van der Waals surface area contributed by atoms with Crippen LogP contribution in [0.5, 0.6) is 0 Å². The highest BCUT2D eigenvalue weighted by molar-refractivity contribution is 5.76. The third-order valence-corrected chi connectivity index (χ3v) is 4.86. The first-order valence-corrected chi connectivity index (χ1v) is 9.73. The second-order valence-corrected chi connectivity index (χ2v) is 7.07. The van der Waals surface area contributed by atoms with Crippen molar-refractivity contribution in [2.24, 2.45) is 0 Å². The van der Waals surface area contributed by atoms with Crippen LogP contribution in [-0.4, -0.2) is 64.3 Å². The van der Waals surface area contributed by atoms with Gasteiger partial charge in [-0.3, -0.25) is 4.79 Å². The topological polar surface area (TPSA) is 75.8 Å². The summed E-state index contributed by atoms with van der Waals surface area (Å²) >= 11 is 0. The smallest absolute Gasteiger partial charge is 0.155 e. The standard InChI is InChI=1S/C10H18O3.C6H10O.C3H6O3/c1-8(11)7-13-10-6-4-3-5-9(10)12-2;1-2-4-6-5(3-1)7-6;1-4-2-6-3-5-1/h9-10H,3-7H2,1-2H3;5-6H,1-4H2;1-3H2. The summed E-state index contributed by atoms with van der Waals surface area (Å²) in [7, 11) is 1.71.